The third kappa shape index (κ3) is 19.9. The molecule has 2 aliphatic heterocycles. The molecule has 2 fully saturated rings. The van der Waals surface area contributed by atoms with Crippen LogP contribution in [0.4, 0.5) is 31.4 Å². The molecule has 0 bridgehead atoms. The van der Waals surface area contributed by atoms with Gasteiger partial charge in [-0.15, -0.1) is 0 Å². The highest BCUT2D eigenvalue weighted by Gasteiger charge is 2.24. The Kier molecular flexibility index (Phi) is 28.1. The summed E-state index contributed by atoms with van der Waals surface area (Å²) in [5.74, 6) is 4.86. The first-order valence-electron chi connectivity index (χ1n) is 36.2. The number of hydrogen-bond acceptors (Lipinski definition) is 17. The molecule has 6 aromatic carbocycles. The second-order valence-electron chi connectivity index (χ2n) is 25.0. The lowest BCUT2D eigenvalue weighted by molar-refractivity contribution is 0.145. The second-order valence-corrected chi connectivity index (χ2v) is 26.3. The third-order valence-electron chi connectivity index (χ3n) is 18.3. The quantitative estimate of drug-likeness (QED) is 0.0319. The van der Waals surface area contributed by atoms with Gasteiger partial charge >= 0.3 is 18.3 Å². The van der Waals surface area contributed by atoms with E-state index in [1.807, 2.05) is 138 Å². The number of rotatable bonds is 27. The maximum atomic E-state index is 11.7. The Balaban J connectivity index is 0.000000169. The summed E-state index contributed by atoms with van der Waals surface area (Å²) in [6, 6.07) is 47.4. The van der Waals surface area contributed by atoms with Crippen LogP contribution >= 0.6 is 11.8 Å². The molecule has 6 heterocycles. The van der Waals surface area contributed by atoms with Crippen LogP contribution in [0.2, 0.25) is 0 Å². The highest BCUT2D eigenvalue weighted by molar-refractivity contribution is 7.99. The van der Waals surface area contributed by atoms with Crippen molar-refractivity contribution in [1.82, 2.24) is 38.0 Å². The number of ether oxygens (including phenoxy) is 6. The van der Waals surface area contributed by atoms with Gasteiger partial charge in [0, 0.05) is 154 Å². The zero-order valence-corrected chi connectivity index (χ0v) is 61.9. The zero-order chi connectivity index (χ0) is 74.0. The predicted molar refractivity (Wildman–Crippen MR) is 415 cm³/mol. The van der Waals surface area contributed by atoms with Crippen LogP contribution in [0.3, 0.4) is 0 Å². The maximum Gasteiger partial charge on any atom is 0.411 e. The van der Waals surface area contributed by atoms with E-state index in [2.05, 4.69) is 95.4 Å². The SMILES string of the molecule is CCOC(=O)Nc1ccc(-c2c(C#N)c3ccc(OCCCN4CCN(C)CC4)cc3n2CC)cc1.CCOC(=O)Nc1ccc(-c2c(C#N)c3ccc(OCCCN4CCSCC4)cc3n2CC)cc1.CCOC(=O)Nc1ccc(-c2c(C#N)c3ccc(OCCCn4ccnc4)cc3n2CC)cc1. The summed E-state index contributed by atoms with van der Waals surface area (Å²) in [6.07, 6.45) is 6.88. The molecular weight excluding hydrogens is 1350 g/mol. The van der Waals surface area contributed by atoms with Crippen LogP contribution < -0.4 is 30.2 Å². The lowest BCUT2D eigenvalue weighted by Crippen LogP contribution is -2.44. The molecule has 2 aliphatic rings. The number of piperazine rings is 1. The van der Waals surface area contributed by atoms with Crippen LogP contribution in [-0.4, -0.2) is 167 Å². The Bertz CT molecular complexity index is 4650. The molecule has 2 saturated heterocycles. The minimum Gasteiger partial charge on any atom is -0.493 e. The number of likely N-dealkylation sites (N-methyl/N-ethyl adjacent to an activating group) is 1. The summed E-state index contributed by atoms with van der Waals surface area (Å²) < 4.78 is 41.4. The average Bonchev–Trinajstić information content (AvgIpc) is 1.62. The fourth-order valence-corrected chi connectivity index (χ4v) is 14.2. The number of nitrogens with zero attached hydrogens (tertiary/aromatic N) is 11. The highest BCUT2D eigenvalue weighted by atomic mass is 32.2. The number of carbonyl (C=O) groups is 3. The topological polar surface area (TPSA) is 256 Å². The summed E-state index contributed by atoms with van der Waals surface area (Å²) in [5, 5.41) is 40.8. The molecule has 3 amide bonds. The molecule has 548 valence electrons. The molecule has 0 atom stereocenters. The van der Waals surface area contributed by atoms with Crippen molar-refractivity contribution in [3.63, 3.8) is 0 Å². The zero-order valence-electron chi connectivity index (χ0n) is 61.1. The summed E-state index contributed by atoms with van der Waals surface area (Å²) >= 11 is 2.03. The monoisotopic (exact) mass is 1440 g/mol. The molecule has 0 aliphatic carbocycles. The van der Waals surface area contributed by atoms with E-state index in [-0.39, 0.29) is 0 Å². The van der Waals surface area contributed by atoms with Gasteiger partial charge < -0.3 is 61.4 Å². The lowest BCUT2D eigenvalue weighted by Gasteiger charge is -2.32. The first-order valence-corrected chi connectivity index (χ1v) is 37.3. The summed E-state index contributed by atoms with van der Waals surface area (Å²) in [7, 11) is 2.17. The Morgan fingerprint density at radius 1 is 0.457 bits per heavy atom. The Morgan fingerprint density at radius 3 is 1.11 bits per heavy atom. The van der Waals surface area contributed by atoms with Gasteiger partial charge in [-0.1, -0.05) is 36.4 Å². The molecule has 0 radical (unpaired) electrons. The van der Waals surface area contributed by atoms with Crippen molar-refractivity contribution < 1.29 is 42.8 Å². The minimum absolute atomic E-state index is 0.308. The number of nitrogens with one attached hydrogen (secondary N) is 3. The van der Waals surface area contributed by atoms with Gasteiger partial charge in [0.1, 0.15) is 35.5 Å². The van der Waals surface area contributed by atoms with Crippen LogP contribution in [0.15, 0.2) is 146 Å². The fraction of sp³-hybridized carbons (Fsp3) is 0.370. The van der Waals surface area contributed by atoms with Crippen molar-refractivity contribution in [2.24, 2.45) is 0 Å². The summed E-state index contributed by atoms with van der Waals surface area (Å²) in [5.41, 5.74) is 12.0. The number of aromatic nitrogens is 5. The van der Waals surface area contributed by atoms with Crippen LogP contribution in [0, 0.1) is 34.0 Å². The molecule has 0 saturated carbocycles. The van der Waals surface area contributed by atoms with Crippen LogP contribution in [0.25, 0.3) is 66.5 Å². The lowest BCUT2D eigenvalue weighted by atomic mass is 10.1. The molecule has 10 aromatic rings. The van der Waals surface area contributed by atoms with E-state index < -0.39 is 18.3 Å². The predicted octanol–water partition coefficient (Wildman–Crippen LogP) is 15.8. The van der Waals surface area contributed by atoms with Crippen molar-refractivity contribution in [3.8, 4) is 69.2 Å². The van der Waals surface area contributed by atoms with Crippen LogP contribution in [0.5, 0.6) is 17.2 Å². The second kappa shape index (κ2) is 38.5. The summed E-state index contributed by atoms with van der Waals surface area (Å²) in [4.78, 5) is 46.5. The number of nitriles is 3. The molecule has 24 heteroatoms. The van der Waals surface area contributed by atoms with Gasteiger partial charge in [0.15, 0.2) is 0 Å². The number of anilines is 3. The van der Waals surface area contributed by atoms with E-state index in [1.165, 1.54) is 24.6 Å². The van der Waals surface area contributed by atoms with Gasteiger partial charge in [-0.3, -0.25) is 16.0 Å². The van der Waals surface area contributed by atoms with E-state index >= 15 is 0 Å². The first-order chi connectivity index (χ1) is 51.3. The normalized spacial score (nSPS) is 13.1. The molecular formula is C81H94N14O9S. The largest absolute Gasteiger partial charge is 0.493 e. The Hall–Kier alpha value is -10.9. The summed E-state index contributed by atoms with van der Waals surface area (Å²) in [6.45, 7) is 26.3. The number of amides is 3. The van der Waals surface area contributed by atoms with Crippen molar-refractivity contribution in [2.75, 3.05) is 127 Å². The first kappa shape index (κ1) is 76.7. The number of carbonyl (C=O) groups excluding carboxylic acids is 3. The fourth-order valence-electron chi connectivity index (χ4n) is 13.2. The van der Waals surface area contributed by atoms with Gasteiger partial charge in [0.25, 0.3) is 0 Å². The van der Waals surface area contributed by atoms with Gasteiger partial charge in [0.05, 0.1) is 96.3 Å². The van der Waals surface area contributed by atoms with E-state index in [4.69, 9.17) is 28.4 Å². The number of hydrogen-bond donors (Lipinski definition) is 3. The van der Waals surface area contributed by atoms with E-state index in [9.17, 15) is 30.2 Å². The van der Waals surface area contributed by atoms with Crippen LogP contribution in [0.1, 0.15) is 77.5 Å². The molecule has 105 heavy (non-hydrogen) atoms. The highest BCUT2D eigenvalue weighted by Crippen LogP contribution is 2.39. The molecule has 0 unspecified atom stereocenters. The third-order valence-corrected chi connectivity index (χ3v) is 19.2. The van der Waals surface area contributed by atoms with E-state index in [0.29, 0.717) is 93.0 Å². The van der Waals surface area contributed by atoms with E-state index in [1.54, 1.807) is 45.4 Å². The average molecular weight is 1440 g/mol. The van der Waals surface area contributed by atoms with E-state index in [0.717, 1.165) is 149 Å². The number of aryl methyl sites for hydroxylation is 4. The van der Waals surface area contributed by atoms with Gasteiger partial charge in [-0.25, -0.2) is 19.4 Å². The number of fused-ring (bicyclic) bond motifs is 3. The molecule has 23 nitrogen and oxygen atoms in total. The van der Waals surface area contributed by atoms with Crippen molar-refractivity contribution in [3.05, 3.63) is 163 Å². The minimum atomic E-state index is -0.492. The number of thioether (sulfide) groups is 1. The number of benzene rings is 6. The number of imidazole rings is 1. The Morgan fingerprint density at radius 2 is 0.800 bits per heavy atom. The molecule has 0 spiro atoms. The van der Waals surface area contributed by atoms with Gasteiger partial charge in [0.2, 0.25) is 0 Å². The maximum absolute atomic E-state index is 11.7. The standard InChI is InChI=1S/C28H35N5O3.C27H32N4O3S.C26H27N5O3/c1-4-33-26-19-23(36-18-6-13-32-16-14-31(3)15-17-32)11-12-24(26)25(20-29)27(33)21-7-9-22(10-8-21)30-28(34)35-5-2;1-3-31-25-18-22(34-15-5-12-30-13-16-35-17-14-30)10-11-23(25)24(19-28)26(31)20-6-8-21(9-7-20)29-27(32)33-4-2;1-3-31-24-16-21(34-15-5-13-30-14-12-28-18-30)10-11-22(24)23(17-27)25(31)19-6-8-20(9-7-19)29-26(32)33-4-2/h7-12,19H,4-6,13-18H2,1-3H3,(H,30,34);6-11,18H,3-5,12-17H2,1-2H3,(H,29,32);6-12,14,16,18H,3-5,13,15H2,1-2H3,(H,29,32). The van der Waals surface area contributed by atoms with Gasteiger partial charge in [-0.2, -0.15) is 27.5 Å². The molecule has 12 rings (SSSR count). The molecule has 4 aromatic heterocycles. The Labute approximate surface area is 618 Å². The smallest absolute Gasteiger partial charge is 0.411 e. The van der Waals surface area contributed by atoms with Crippen LogP contribution in [-0.2, 0) is 40.4 Å². The van der Waals surface area contributed by atoms with Gasteiger partial charge in [-0.05, 0) is 157 Å². The van der Waals surface area contributed by atoms with Crippen molar-refractivity contribution in [1.29, 1.82) is 15.8 Å². The van der Waals surface area contributed by atoms with Crippen molar-refractivity contribution in [2.45, 2.75) is 87.0 Å². The van der Waals surface area contributed by atoms with Crippen molar-refractivity contribution >= 4 is 79.8 Å². The molecule has 3 N–H and O–H groups in total.